The lowest BCUT2D eigenvalue weighted by atomic mass is 10.1. The van der Waals surface area contributed by atoms with Crippen molar-refractivity contribution in [2.45, 2.75) is 51.2 Å². The smallest absolute Gasteiger partial charge is 0.266 e. The minimum absolute atomic E-state index is 0.0498. The van der Waals surface area contributed by atoms with Crippen molar-refractivity contribution < 1.29 is 4.79 Å². The second kappa shape index (κ2) is 9.74. The maximum absolute atomic E-state index is 13.2. The van der Waals surface area contributed by atoms with E-state index in [9.17, 15) is 9.59 Å². The predicted octanol–water partition coefficient (Wildman–Crippen LogP) is 4.35. The van der Waals surface area contributed by atoms with Crippen LogP contribution in [0.1, 0.15) is 39.2 Å². The van der Waals surface area contributed by atoms with Gasteiger partial charge in [-0.05, 0) is 49.6 Å². The Morgan fingerprint density at radius 3 is 2.55 bits per heavy atom. The molecule has 1 heterocycles. The number of para-hydroxylation sites is 1. The van der Waals surface area contributed by atoms with Crippen LogP contribution < -0.4 is 10.9 Å². The highest BCUT2D eigenvalue weighted by atomic mass is 32.2. The van der Waals surface area contributed by atoms with E-state index in [1.54, 1.807) is 10.6 Å². The number of thioether (sulfide) groups is 1. The molecule has 3 rings (SSSR count). The summed E-state index contributed by atoms with van der Waals surface area (Å²) < 4.78 is 1.61. The van der Waals surface area contributed by atoms with E-state index >= 15 is 0 Å². The molecule has 0 bridgehead atoms. The van der Waals surface area contributed by atoms with Crippen LogP contribution in [0.25, 0.3) is 16.6 Å². The summed E-state index contributed by atoms with van der Waals surface area (Å²) in [5.41, 5.74) is 2.48. The average molecular weight is 410 g/mol. The first-order valence-electron chi connectivity index (χ1n) is 10.1. The summed E-state index contributed by atoms with van der Waals surface area (Å²) in [5, 5.41) is 4.09. The van der Waals surface area contributed by atoms with Crippen molar-refractivity contribution in [2.24, 2.45) is 0 Å². The van der Waals surface area contributed by atoms with Crippen molar-refractivity contribution in [3.05, 3.63) is 64.4 Å². The number of fused-ring (bicyclic) bond motifs is 1. The van der Waals surface area contributed by atoms with E-state index in [1.165, 1.54) is 17.3 Å². The second-order valence-electron chi connectivity index (χ2n) is 7.12. The molecule has 0 unspecified atom stereocenters. The van der Waals surface area contributed by atoms with Crippen molar-refractivity contribution in [1.29, 1.82) is 0 Å². The Morgan fingerprint density at radius 2 is 1.86 bits per heavy atom. The van der Waals surface area contributed by atoms with Crippen LogP contribution in [0, 0.1) is 0 Å². The fourth-order valence-corrected chi connectivity index (χ4v) is 4.09. The zero-order chi connectivity index (χ0) is 20.8. The van der Waals surface area contributed by atoms with E-state index < -0.39 is 0 Å². The van der Waals surface area contributed by atoms with Gasteiger partial charge < -0.3 is 5.32 Å². The number of amides is 1. The molecule has 1 amide bonds. The molecule has 1 N–H and O–H groups in total. The molecule has 0 fully saturated rings. The first kappa shape index (κ1) is 21.1. The standard InChI is InChI=1S/C23H27N3O2S/c1-4-8-16(3)24-21(27)15-29-23-25-20-10-7-6-9-19(20)22(28)26(23)18-13-11-17(5-2)12-14-18/h6-7,9-14,16H,4-5,8,15H2,1-3H3,(H,24,27)/t16-/m1/s1. The molecule has 1 atom stereocenters. The number of benzene rings is 2. The largest absolute Gasteiger partial charge is 0.353 e. The number of hydrogen-bond donors (Lipinski definition) is 1. The Hall–Kier alpha value is -2.60. The Bertz CT molecular complexity index is 1040. The minimum atomic E-state index is -0.123. The Balaban J connectivity index is 1.96. The molecule has 3 aromatic rings. The fraction of sp³-hybridized carbons (Fsp3) is 0.348. The highest BCUT2D eigenvalue weighted by molar-refractivity contribution is 7.99. The van der Waals surface area contributed by atoms with Gasteiger partial charge in [0.05, 0.1) is 22.3 Å². The lowest BCUT2D eigenvalue weighted by molar-refractivity contribution is -0.119. The van der Waals surface area contributed by atoms with E-state index in [-0.39, 0.29) is 23.3 Å². The third kappa shape index (κ3) is 5.07. The van der Waals surface area contributed by atoms with Gasteiger partial charge in [0.15, 0.2) is 5.16 Å². The normalized spacial score (nSPS) is 12.1. The third-order valence-corrected chi connectivity index (χ3v) is 5.75. The number of carbonyl (C=O) groups is 1. The van der Waals surface area contributed by atoms with Crippen LogP contribution in [-0.2, 0) is 11.2 Å². The number of carbonyl (C=O) groups excluding carboxylic acids is 1. The van der Waals surface area contributed by atoms with E-state index in [1.807, 2.05) is 49.4 Å². The van der Waals surface area contributed by atoms with Gasteiger partial charge in [-0.2, -0.15) is 0 Å². The van der Waals surface area contributed by atoms with Crippen molar-refractivity contribution in [2.75, 3.05) is 5.75 Å². The number of nitrogens with one attached hydrogen (secondary N) is 1. The second-order valence-corrected chi connectivity index (χ2v) is 8.06. The SMILES string of the molecule is CCC[C@@H](C)NC(=O)CSc1nc2ccccc2c(=O)n1-c1ccc(CC)cc1. The number of rotatable bonds is 8. The van der Waals surface area contributed by atoms with Gasteiger partial charge in [0.25, 0.3) is 5.56 Å². The van der Waals surface area contributed by atoms with Gasteiger partial charge in [-0.1, -0.05) is 56.3 Å². The first-order valence-corrected chi connectivity index (χ1v) is 11.0. The summed E-state index contributed by atoms with van der Waals surface area (Å²) >= 11 is 1.29. The summed E-state index contributed by atoms with van der Waals surface area (Å²) in [6.45, 7) is 6.20. The zero-order valence-corrected chi connectivity index (χ0v) is 18.0. The molecule has 6 heteroatoms. The van der Waals surface area contributed by atoms with Crippen LogP contribution in [0.4, 0.5) is 0 Å². The quantitative estimate of drug-likeness (QED) is 0.444. The molecule has 152 valence electrons. The van der Waals surface area contributed by atoms with E-state index in [2.05, 4.69) is 24.1 Å². The van der Waals surface area contributed by atoms with Crippen LogP contribution in [-0.4, -0.2) is 27.3 Å². The number of aromatic nitrogens is 2. The Morgan fingerprint density at radius 1 is 1.14 bits per heavy atom. The fourth-order valence-electron chi connectivity index (χ4n) is 3.27. The predicted molar refractivity (Wildman–Crippen MR) is 120 cm³/mol. The Labute approximate surface area is 175 Å². The van der Waals surface area contributed by atoms with Crippen LogP contribution in [0.5, 0.6) is 0 Å². The lowest BCUT2D eigenvalue weighted by Gasteiger charge is -2.15. The average Bonchev–Trinajstić information content (AvgIpc) is 2.73. The van der Waals surface area contributed by atoms with Crippen molar-refractivity contribution in [3.63, 3.8) is 0 Å². The van der Waals surface area contributed by atoms with Gasteiger partial charge >= 0.3 is 0 Å². The van der Waals surface area contributed by atoms with Gasteiger partial charge in [0.2, 0.25) is 5.91 Å². The lowest BCUT2D eigenvalue weighted by Crippen LogP contribution is -2.34. The minimum Gasteiger partial charge on any atom is -0.353 e. The molecule has 0 aliphatic carbocycles. The maximum Gasteiger partial charge on any atom is 0.266 e. The number of aryl methyl sites for hydroxylation is 1. The van der Waals surface area contributed by atoms with Crippen LogP contribution in [0.2, 0.25) is 0 Å². The van der Waals surface area contributed by atoms with Gasteiger partial charge in [-0.15, -0.1) is 0 Å². The highest BCUT2D eigenvalue weighted by Gasteiger charge is 2.15. The topological polar surface area (TPSA) is 64.0 Å². The van der Waals surface area contributed by atoms with Gasteiger partial charge in [-0.25, -0.2) is 4.98 Å². The molecule has 0 saturated carbocycles. The van der Waals surface area contributed by atoms with Crippen LogP contribution in [0.15, 0.2) is 58.5 Å². The van der Waals surface area contributed by atoms with Crippen molar-refractivity contribution >= 4 is 28.6 Å². The summed E-state index contributed by atoms with van der Waals surface area (Å²) in [4.78, 5) is 30.2. The Kier molecular flexibility index (Phi) is 7.09. The molecule has 0 radical (unpaired) electrons. The molecule has 0 spiro atoms. The van der Waals surface area contributed by atoms with Crippen molar-refractivity contribution in [1.82, 2.24) is 14.9 Å². The first-order chi connectivity index (χ1) is 14.0. The molecule has 29 heavy (non-hydrogen) atoms. The van der Waals surface area contributed by atoms with Crippen LogP contribution >= 0.6 is 11.8 Å². The van der Waals surface area contributed by atoms with Crippen LogP contribution in [0.3, 0.4) is 0 Å². The van der Waals surface area contributed by atoms with Crippen molar-refractivity contribution in [3.8, 4) is 5.69 Å². The summed E-state index contributed by atoms with van der Waals surface area (Å²) in [5.74, 6) is 0.164. The molecule has 0 aliphatic rings. The molecule has 1 aromatic heterocycles. The molecule has 0 aliphatic heterocycles. The molecule has 0 saturated heterocycles. The molecular weight excluding hydrogens is 382 g/mol. The van der Waals surface area contributed by atoms with Gasteiger partial charge in [0.1, 0.15) is 0 Å². The van der Waals surface area contributed by atoms with Gasteiger partial charge in [0, 0.05) is 6.04 Å². The molecule has 2 aromatic carbocycles. The third-order valence-electron chi connectivity index (χ3n) is 4.81. The summed E-state index contributed by atoms with van der Waals surface area (Å²) in [6, 6.07) is 15.4. The number of nitrogens with zero attached hydrogens (tertiary/aromatic N) is 2. The molecular formula is C23H27N3O2S. The van der Waals surface area contributed by atoms with Gasteiger partial charge in [-0.3, -0.25) is 14.2 Å². The molecule has 5 nitrogen and oxygen atoms in total. The zero-order valence-electron chi connectivity index (χ0n) is 17.1. The highest BCUT2D eigenvalue weighted by Crippen LogP contribution is 2.21. The maximum atomic E-state index is 13.2. The van der Waals surface area contributed by atoms with E-state index in [0.717, 1.165) is 24.9 Å². The monoisotopic (exact) mass is 409 g/mol. The summed E-state index contributed by atoms with van der Waals surface area (Å²) in [7, 11) is 0. The number of hydrogen-bond acceptors (Lipinski definition) is 4. The summed E-state index contributed by atoms with van der Waals surface area (Å²) in [6.07, 6.45) is 2.90. The van der Waals surface area contributed by atoms with E-state index in [4.69, 9.17) is 0 Å². The van der Waals surface area contributed by atoms with E-state index in [0.29, 0.717) is 16.1 Å².